The van der Waals surface area contributed by atoms with Crippen LogP contribution in [-0.2, 0) is 10.8 Å². The van der Waals surface area contributed by atoms with E-state index >= 15 is 0 Å². The Hall–Kier alpha value is -6.64. The van der Waals surface area contributed by atoms with Gasteiger partial charge in [-0.2, -0.15) is 0 Å². The van der Waals surface area contributed by atoms with Crippen molar-refractivity contribution in [3.05, 3.63) is 192 Å². The molecule has 1 heterocycles. The fourth-order valence-electron chi connectivity index (χ4n) is 9.91. The number of nitrogens with zero attached hydrogens (tertiary/aromatic N) is 2. The molecule has 0 radical (unpaired) electrons. The van der Waals surface area contributed by atoms with Crippen LogP contribution in [0.5, 0.6) is 0 Å². The first-order chi connectivity index (χ1) is 27.3. The summed E-state index contributed by atoms with van der Waals surface area (Å²) < 4.78 is 0. The van der Waals surface area contributed by atoms with Gasteiger partial charge in [0, 0.05) is 34.4 Å². The summed E-state index contributed by atoms with van der Waals surface area (Å²) in [6.07, 6.45) is 3.93. The smallest absolute Gasteiger partial charge is 0.159 e. The van der Waals surface area contributed by atoms with Gasteiger partial charge in [0.2, 0.25) is 0 Å². The van der Waals surface area contributed by atoms with Crippen molar-refractivity contribution >= 4 is 21.5 Å². The molecule has 0 saturated carbocycles. The van der Waals surface area contributed by atoms with Crippen LogP contribution < -0.4 is 0 Å². The van der Waals surface area contributed by atoms with Crippen LogP contribution in [0.25, 0.3) is 88.6 Å². The van der Waals surface area contributed by atoms with Gasteiger partial charge in [-0.15, -0.1) is 0 Å². The summed E-state index contributed by atoms with van der Waals surface area (Å²) in [4.78, 5) is 9.66. The van der Waals surface area contributed by atoms with Crippen LogP contribution in [0.4, 0.5) is 0 Å². The van der Waals surface area contributed by atoms with Gasteiger partial charge in [-0.25, -0.2) is 9.97 Å². The Morgan fingerprint density at radius 3 is 1.34 bits per heavy atom. The van der Waals surface area contributed by atoms with Gasteiger partial charge in [-0.05, 0) is 112 Å². The summed E-state index contributed by atoms with van der Waals surface area (Å²) in [5.74, 6) is 0.729. The largest absolute Gasteiger partial charge is 0.236 e. The average Bonchev–Trinajstić information content (AvgIpc) is 3.61. The lowest BCUT2D eigenvalue weighted by molar-refractivity contribution is 0.660. The fourth-order valence-corrected chi connectivity index (χ4v) is 9.91. The van der Waals surface area contributed by atoms with Gasteiger partial charge in [-0.3, -0.25) is 0 Å². The van der Waals surface area contributed by atoms with Gasteiger partial charge in [0.1, 0.15) is 0 Å². The Labute approximate surface area is 328 Å². The second-order valence-corrected chi connectivity index (χ2v) is 16.6. The Kier molecular flexibility index (Phi) is 6.98. The van der Waals surface area contributed by atoms with Crippen LogP contribution >= 0.6 is 0 Å². The SMILES string of the molecule is CC1(C)c2ccccc2-c2ccc(-c3c4ccccc4c(-c4ccc5c(c4)C(C)(C)c4ccccc4-5)c4cc(-c5cnc(-c6ccccc6)nc5)ccc34)cc21. The first-order valence-corrected chi connectivity index (χ1v) is 19.6. The van der Waals surface area contributed by atoms with Crippen LogP contribution in [0.2, 0.25) is 0 Å². The number of hydrogen-bond acceptors (Lipinski definition) is 2. The second-order valence-electron chi connectivity index (χ2n) is 16.6. The van der Waals surface area contributed by atoms with E-state index in [1.807, 2.05) is 30.6 Å². The molecule has 2 aliphatic carbocycles. The van der Waals surface area contributed by atoms with E-state index in [-0.39, 0.29) is 10.8 Å². The predicted molar refractivity (Wildman–Crippen MR) is 234 cm³/mol. The second kappa shape index (κ2) is 11.9. The summed E-state index contributed by atoms with van der Waals surface area (Å²) in [5, 5.41) is 4.97. The number of hydrogen-bond donors (Lipinski definition) is 0. The van der Waals surface area contributed by atoms with Gasteiger partial charge in [-0.1, -0.05) is 167 Å². The number of fused-ring (bicyclic) bond motifs is 8. The number of rotatable bonds is 4. The lowest BCUT2D eigenvalue weighted by atomic mass is 9.79. The maximum absolute atomic E-state index is 4.83. The van der Waals surface area contributed by atoms with E-state index in [1.165, 1.54) is 88.3 Å². The Balaban J connectivity index is 1.17. The third-order valence-corrected chi connectivity index (χ3v) is 12.8. The van der Waals surface area contributed by atoms with E-state index in [9.17, 15) is 0 Å². The average molecular weight is 717 g/mol. The Morgan fingerprint density at radius 1 is 0.321 bits per heavy atom. The van der Waals surface area contributed by atoms with Crippen molar-refractivity contribution in [2.45, 2.75) is 38.5 Å². The van der Waals surface area contributed by atoms with Gasteiger partial charge in [0.15, 0.2) is 5.82 Å². The van der Waals surface area contributed by atoms with Gasteiger partial charge in [0.25, 0.3) is 0 Å². The lowest BCUT2D eigenvalue weighted by Crippen LogP contribution is -2.15. The molecule has 0 spiro atoms. The molecule has 1 aromatic heterocycles. The number of benzene rings is 8. The van der Waals surface area contributed by atoms with Gasteiger partial charge >= 0.3 is 0 Å². The molecular weight excluding hydrogens is 677 g/mol. The van der Waals surface area contributed by atoms with E-state index < -0.39 is 0 Å². The predicted octanol–water partition coefficient (Wildman–Crippen LogP) is 14.1. The third kappa shape index (κ3) is 4.69. The molecule has 8 aromatic carbocycles. The quantitative estimate of drug-likeness (QED) is 0.170. The first-order valence-electron chi connectivity index (χ1n) is 19.6. The normalized spacial score (nSPS) is 14.4. The van der Waals surface area contributed by atoms with Crippen LogP contribution in [0.15, 0.2) is 170 Å². The van der Waals surface area contributed by atoms with E-state index in [4.69, 9.17) is 9.97 Å². The van der Waals surface area contributed by atoms with E-state index in [2.05, 4.69) is 167 Å². The third-order valence-electron chi connectivity index (χ3n) is 12.8. The summed E-state index contributed by atoms with van der Waals surface area (Å²) in [7, 11) is 0. The minimum atomic E-state index is -0.106. The minimum absolute atomic E-state index is 0.0959. The molecule has 2 aliphatic rings. The van der Waals surface area contributed by atoms with Crippen molar-refractivity contribution in [2.24, 2.45) is 0 Å². The molecule has 0 fully saturated rings. The van der Waals surface area contributed by atoms with Gasteiger partial charge < -0.3 is 0 Å². The van der Waals surface area contributed by atoms with Crippen molar-refractivity contribution in [3.8, 4) is 67.0 Å². The highest BCUT2D eigenvalue weighted by Gasteiger charge is 2.37. The molecule has 2 nitrogen and oxygen atoms in total. The molecule has 0 saturated heterocycles. The van der Waals surface area contributed by atoms with Crippen molar-refractivity contribution in [1.82, 2.24) is 9.97 Å². The molecule has 11 rings (SSSR count). The summed E-state index contributed by atoms with van der Waals surface area (Å²) >= 11 is 0. The Bertz CT molecular complexity index is 3060. The zero-order valence-electron chi connectivity index (χ0n) is 32.1. The lowest BCUT2D eigenvalue weighted by Gasteiger charge is -2.24. The molecule has 56 heavy (non-hydrogen) atoms. The van der Waals surface area contributed by atoms with Crippen molar-refractivity contribution < 1.29 is 0 Å². The summed E-state index contributed by atoms with van der Waals surface area (Å²) in [6, 6.07) is 58.3. The maximum atomic E-state index is 4.83. The maximum Gasteiger partial charge on any atom is 0.159 e. The standard InChI is InChI=1S/C54H40N2/c1-53(2)46-20-12-10-16-38(46)40-25-23-35(29-48(40)53)50-42-18-8-9-19-43(42)51(36-24-26-41-39-17-11-13-21-47(39)54(3,4)49(41)30-36)45-28-34(22-27-44(45)50)37-31-55-52(56-32-37)33-14-6-5-7-15-33/h5-32H,1-4H3. The topological polar surface area (TPSA) is 25.8 Å². The summed E-state index contributed by atoms with van der Waals surface area (Å²) in [6.45, 7) is 9.47. The van der Waals surface area contributed by atoms with E-state index in [1.54, 1.807) is 0 Å². The molecule has 0 bridgehead atoms. The first kappa shape index (κ1) is 32.8. The monoisotopic (exact) mass is 716 g/mol. The molecule has 0 amide bonds. The van der Waals surface area contributed by atoms with Crippen molar-refractivity contribution in [2.75, 3.05) is 0 Å². The van der Waals surface area contributed by atoms with E-state index in [0.29, 0.717) is 0 Å². The molecule has 266 valence electrons. The molecule has 2 heteroatoms. The molecule has 0 atom stereocenters. The number of aromatic nitrogens is 2. The molecule has 0 unspecified atom stereocenters. The molecule has 9 aromatic rings. The minimum Gasteiger partial charge on any atom is -0.236 e. The highest BCUT2D eigenvalue weighted by Crippen LogP contribution is 2.53. The van der Waals surface area contributed by atoms with Crippen molar-refractivity contribution in [1.29, 1.82) is 0 Å². The van der Waals surface area contributed by atoms with Crippen LogP contribution in [0, 0.1) is 0 Å². The Morgan fingerprint density at radius 2 is 0.768 bits per heavy atom. The van der Waals surface area contributed by atoms with Crippen molar-refractivity contribution in [3.63, 3.8) is 0 Å². The molecular formula is C54H40N2. The fraction of sp³-hybridized carbons (Fsp3) is 0.111. The molecule has 0 N–H and O–H groups in total. The summed E-state index contributed by atoms with van der Waals surface area (Å²) in [5.41, 5.74) is 18.8. The van der Waals surface area contributed by atoms with E-state index in [0.717, 1.165) is 22.5 Å². The van der Waals surface area contributed by atoms with Crippen LogP contribution in [-0.4, -0.2) is 9.97 Å². The van der Waals surface area contributed by atoms with Crippen LogP contribution in [0.1, 0.15) is 49.9 Å². The molecule has 0 aliphatic heterocycles. The van der Waals surface area contributed by atoms with Crippen LogP contribution in [0.3, 0.4) is 0 Å². The van der Waals surface area contributed by atoms with Gasteiger partial charge in [0.05, 0.1) is 0 Å². The zero-order valence-corrected chi connectivity index (χ0v) is 32.1. The highest BCUT2D eigenvalue weighted by atomic mass is 14.9. The highest BCUT2D eigenvalue weighted by molar-refractivity contribution is 6.22. The zero-order chi connectivity index (χ0) is 37.8.